The molecule has 1 aliphatic carbocycles. The SMILES string of the molecule is Cc1ccccc1Oc1ccc2c(c1)CCCC2O. The van der Waals surface area contributed by atoms with Gasteiger partial charge in [0, 0.05) is 0 Å². The third kappa shape index (κ3) is 2.49. The first kappa shape index (κ1) is 12.2. The van der Waals surface area contributed by atoms with Gasteiger partial charge in [0.25, 0.3) is 0 Å². The van der Waals surface area contributed by atoms with Crippen LogP contribution in [0.15, 0.2) is 42.5 Å². The summed E-state index contributed by atoms with van der Waals surface area (Å²) in [4.78, 5) is 0. The average Bonchev–Trinajstić information content (AvgIpc) is 2.42. The second kappa shape index (κ2) is 5.06. The number of hydrogen-bond donors (Lipinski definition) is 1. The minimum Gasteiger partial charge on any atom is -0.457 e. The van der Waals surface area contributed by atoms with E-state index in [-0.39, 0.29) is 6.10 Å². The van der Waals surface area contributed by atoms with E-state index in [4.69, 9.17) is 4.74 Å². The van der Waals surface area contributed by atoms with E-state index >= 15 is 0 Å². The molecule has 2 heteroatoms. The van der Waals surface area contributed by atoms with Gasteiger partial charge in [0.05, 0.1) is 6.10 Å². The Morgan fingerprint density at radius 2 is 2.00 bits per heavy atom. The van der Waals surface area contributed by atoms with Crippen LogP contribution in [0.2, 0.25) is 0 Å². The lowest BCUT2D eigenvalue weighted by atomic mass is 9.89. The molecule has 0 amide bonds. The molecule has 1 atom stereocenters. The van der Waals surface area contributed by atoms with E-state index in [0.717, 1.165) is 41.9 Å². The molecule has 1 N–H and O–H groups in total. The van der Waals surface area contributed by atoms with E-state index in [0.29, 0.717) is 0 Å². The summed E-state index contributed by atoms with van der Waals surface area (Å²) in [6, 6.07) is 14.0. The van der Waals surface area contributed by atoms with E-state index in [1.165, 1.54) is 5.56 Å². The topological polar surface area (TPSA) is 29.5 Å². The van der Waals surface area contributed by atoms with Crippen LogP contribution in [-0.2, 0) is 6.42 Å². The third-order valence-corrected chi connectivity index (χ3v) is 3.72. The van der Waals surface area contributed by atoms with Gasteiger partial charge >= 0.3 is 0 Å². The van der Waals surface area contributed by atoms with E-state index in [2.05, 4.69) is 6.07 Å². The number of benzene rings is 2. The molecule has 0 spiro atoms. The number of fused-ring (bicyclic) bond motifs is 1. The largest absolute Gasteiger partial charge is 0.457 e. The standard InChI is InChI=1S/C17H18O2/c1-12-5-2-3-8-17(12)19-14-9-10-15-13(11-14)6-4-7-16(15)18/h2-3,5,8-11,16,18H,4,6-7H2,1H3. The Balaban J connectivity index is 1.89. The van der Waals surface area contributed by atoms with Gasteiger partial charge in [-0.25, -0.2) is 0 Å². The first-order valence-corrected chi connectivity index (χ1v) is 6.78. The molecule has 1 aliphatic rings. The van der Waals surface area contributed by atoms with Gasteiger partial charge in [-0.1, -0.05) is 24.3 Å². The van der Waals surface area contributed by atoms with Crippen molar-refractivity contribution < 1.29 is 9.84 Å². The molecule has 0 aromatic heterocycles. The Morgan fingerprint density at radius 3 is 2.84 bits per heavy atom. The molecule has 0 saturated heterocycles. The van der Waals surface area contributed by atoms with Crippen LogP contribution < -0.4 is 4.74 Å². The minimum absolute atomic E-state index is 0.309. The monoisotopic (exact) mass is 254 g/mol. The van der Waals surface area contributed by atoms with Crippen molar-refractivity contribution in [1.82, 2.24) is 0 Å². The number of hydrogen-bond acceptors (Lipinski definition) is 2. The highest BCUT2D eigenvalue weighted by Gasteiger charge is 2.18. The zero-order valence-corrected chi connectivity index (χ0v) is 11.1. The van der Waals surface area contributed by atoms with Gasteiger partial charge in [-0.15, -0.1) is 0 Å². The predicted octanol–water partition coefficient (Wildman–Crippen LogP) is 4.16. The molecule has 19 heavy (non-hydrogen) atoms. The van der Waals surface area contributed by atoms with Crippen molar-refractivity contribution in [3.63, 3.8) is 0 Å². The molecule has 0 bridgehead atoms. The Morgan fingerprint density at radius 1 is 1.16 bits per heavy atom. The van der Waals surface area contributed by atoms with E-state index in [9.17, 15) is 5.11 Å². The summed E-state index contributed by atoms with van der Waals surface area (Å²) in [7, 11) is 0. The highest BCUT2D eigenvalue weighted by atomic mass is 16.5. The molecular formula is C17H18O2. The zero-order valence-electron chi connectivity index (χ0n) is 11.1. The summed E-state index contributed by atoms with van der Waals surface area (Å²) < 4.78 is 5.93. The van der Waals surface area contributed by atoms with Gasteiger partial charge < -0.3 is 9.84 Å². The maximum atomic E-state index is 9.95. The van der Waals surface area contributed by atoms with Crippen molar-refractivity contribution in [3.8, 4) is 11.5 Å². The molecule has 0 saturated carbocycles. The van der Waals surface area contributed by atoms with Gasteiger partial charge in [-0.2, -0.15) is 0 Å². The van der Waals surface area contributed by atoms with Crippen LogP contribution in [0.3, 0.4) is 0 Å². The molecule has 0 heterocycles. The summed E-state index contributed by atoms with van der Waals surface area (Å²) in [5.74, 6) is 1.74. The number of ether oxygens (including phenoxy) is 1. The minimum atomic E-state index is -0.309. The van der Waals surface area contributed by atoms with Crippen LogP contribution in [-0.4, -0.2) is 5.11 Å². The summed E-state index contributed by atoms with van der Waals surface area (Å²) >= 11 is 0. The second-order valence-corrected chi connectivity index (χ2v) is 5.14. The lowest BCUT2D eigenvalue weighted by molar-refractivity contribution is 0.156. The highest BCUT2D eigenvalue weighted by molar-refractivity contribution is 5.42. The predicted molar refractivity (Wildman–Crippen MR) is 75.6 cm³/mol. The van der Waals surface area contributed by atoms with Crippen LogP contribution in [0.5, 0.6) is 11.5 Å². The van der Waals surface area contributed by atoms with Gasteiger partial charge in [0.15, 0.2) is 0 Å². The van der Waals surface area contributed by atoms with Crippen molar-refractivity contribution in [1.29, 1.82) is 0 Å². The fourth-order valence-corrected chi connectivity index (χ4v) is 2.63. The van der Waals surface area contributed by atoms with Crippen molar-refractivity contribution in [2.45, 2.75) is 32.3 Å². The van der Waals surface area contributed by atoms with Crippen molar-refractivity contribution >= 4 is 0 Å². The zero-order chi connectivity index (χ0) is 13.2. The highest BCUT2D eigenvalue weighted by Crippen LogP contribution is 2.33. The number of aliphatic hydroxyl groups excluding tert-OH is 1. The van der Waals surface area contributed by atoms with Crippen LogP contribution >= 0.6 is 0 Å². The third-order valence-electron chi connectivity index (χ3n) is 3.72. The Labute approximate surface area is 113 Å². The van der Waals surface area contributed by atoms with E-state index < -0.39 is 0 Å². The molecule has 98 valence electrons. The Bertz CT molecular complexity index is 590. The van der Waals surface area contributed by atoms with Crippen LogP contribution in [0, 0.1) is 6.92 Å². The molecule has 0 fully saturated rings. The van der Waals surface area contributed by atoms with Crippen LogP contribution in [0.4, 0.5) is 0 Å². The molecule has 3 rings (SSSR count). The summed E-state index contributed by atoms with van der Waals surface area (Å²) in [6.45, 7) is 2.04. The summed E-state index contributed by atoms with van der Waals surface area (Å²) in [6.07, 6.45) is 2.63. The molecule has 2 nitrogen and oxygen atoms in total. The summed E-state index contributed by atoms with van der Waals surface area (Å²) in [5.41, 5.74) is 3.40. The average molecular weight is 254 g/mol. The number of aryl methyl sites for hydroxylation is 2. The lowest BCUT2D eigenvalue weighted by Gasteiger charge is -2.22. The molecular weight excluding hydrogens is 236 g/mol. The molecule has 2 aromatic carbocycles. The fourth-order valence-electron chi connectivity index (χ4n) is 2.63. The normalized spacial score (nSPS) is 17.9. The van der Waals surface area contributed by atoms with Crippen molar-refractivity contribution in [3.05, 3.63) is 59.2 Å². The van der Waals surface area contributed by atoms with E-state index in [1.807, 2.05) is 43.3 Å². The smallest absolute Gasteiger partial charge is 0.130 e. The van der Waals surface area contributed by atoms with Crippen LogP contribution in [0.25, 0.3) is 0 Å². The van der Waals surface area contributed by atoms with Crippen LogP contribution in [0.1, 0.15) is 35.6 Å². The summed E-state index contributed by atoms with van der Waals surface area (Å²) in [5, 5.41) is 9.95. The van der Waals surface area contributed by atoms with Gasteiger partial charge in [-0.3, -0.25) is 0 Å². The Hall–Kier alpha value is -1.80. The maximum Gasteiger partial charge on any atom is 0.130 e. The van der Waals surface area contributed by atoms with Crippen molar-refractivity contribution in [2.24, 2.45) is 0 Å². The Kier molecular flexibility index (Phi) is 3.26. The molecule has 2 aromatic rings. The number of rotatable bonds is 2. The second-order valence-electron chi connectivity index (χ2n) is 5.14. The first-order valence-electron chi connectivity index (χ1n) is 6.78. The lowest BCUT2D eigenvalue weighted by Crippen LogP contribution is -2.08. The van der Waals surface area contributed by atoms with Gasteiger partial charge in [-0.05, 0) is 61.1 Å². The van der Waals surface area contributed by atoms with Gasteiger partial charge in [0.2, 0.25) is 0 Å². The maximum absolute atomic E-state index is 9.95. The number of aliphatic hydroxyl groups is 1. The molecule has 1 unspecified atom stereocenters. The fraction of sp³-hybridized carbons (Fsp3) is 0.294. The van der Waals surface area contributed by atoms with Gasteiger partial charge in [0.1, 0.15) is 11.5 Å². The molecule has 0 radical (unpaired) electrons. The number of para-hydroxylation sites is 1. The quantitative estimate of drug-likeness (QED) is 0.872. The first-order chi connectivity index (χ1) is 9.24. The van der Waals surface area contributed by atoms with E-state index in [1.54, 1.807) is 0 Å². The molecule has 0 aliphatic heterocycles. The van der Waals surface area contributed by atoms with Crippen molar-refractivity contribution in [2.75, 3.05) is 0 Å².